The molecule has 1 saturated carbocycles. The molecule has 2 rings (SSSR count). The van der Waals surface area contributed by atoms with Gasteiger partial charge in [-0.1, -0.05) is 20.8 Å². The molecule has 0 unspecified atom stereocenters. The Balaban J connectivity index is 2.04. The van der Waals surface area contributed by atoms with Gasteiger partial charge in [0.2, 0.25) is 5.82 Å². The van der Waals surface area contributed by atoms with E-state index < -0.39 is 0 Å². The largest absolute Gasteiger partial charge is 0.344 e. The number of nitrogens with zero attached hydrogens (tertiary/aromatic N) is 2. The van der Waals surface area contributed by atoms with E-state index in [-0.39, 0.29) is 23.2 Å². The number of hydrogen-bond donors (Lipinski definition) is 2. The number of aromatic nitrogens is 3. The van der Waals surface area contributed by atoms with E-state index in [0.717, 1.165) is 25.1 Å². The highest BCUT2D eigenvalue weighted by atomic mass is 16.2. The van der Waals surface area contributed by atoms with Gasteiger partial charge in [-0.3, -0.25) is 9.89 Å². The third-order valence-electron chi connectivity index (χ3n) is 3.62. The molecule has 0 spiro atoms. The fourth-order valence-corrected chi connectivity index (χ4v) is 2.10. The first-order valence-electron chi connectivity index (χ1n) is 6.31. The Morgan fingerprint density at radius 2 is 2.24 bits per heavy atom. The summed E-state index contributed by atoms with van der Waals surface area (Å²) < 4.78 is 0. The quantitative estimate of drug-likeness (QED) is 0.839. The van der Waals surface area contributed by atoms with Gasteiger partial charge in [0.1, 0.15) is 5.82 Å². The Hall–Kier alpha value is -1.39. The second-order valence-electron chi connectivity index (χ2n) is 5.14. The third kappa shape index (κ3) is 2.33. The van der Waals surface area contributed by atoms with E-state index in [2.05, 4.69) is 27.4 Å². The molecule has 5 nitrogen and oxygen atoms in total. The monoisotopic (exact) mass is 236 g/mol. The molecule has 0 aliphatic heterocycles. The minimum Gasteiger partial charge on any atom is -0.344 e. The Morgan fingerprint density at radius 1 is 1.53 bits per heavy atom. The minimum atomic E-state index is -0.158. The molecule has 1 aromatic heterocycles. The maximum absolute atomic E-state index is 12.0. The van der Waals surface area contributed by atoms with Gasteiger partial charge >= 0.3 is 0 Å². The van der Waals surface area contributed by atoms with E-state index in [9.17, 15) is 4.79 Å². The summed E-state index contributed by atoms with van der Waals surface area (Å²) in [6.45, 7) is 6.14. The summed E-state index contributed by atoms with van der Waals surface area (Å²) in [5.74, 6) is 1.12. The summed E-state index contributed by atoms with van der Waals surface area (Å²) >= 11 is 0. The van der Waals surface area contributed by atoms with E-state index >= 15 is 0 Å². The highest BCUT2D eigenvalue weighted by Gasteiger charge is 2.37. The molecule has 94 valence electrons. The van der Waals surface area contributed by atoms with Crippen molar-refractivity contribution in [3.8, 4) is 0 Å². The van der Waals surface area contributed by atoms with Gasteiger partial charge in [-0.2, -0.15) is 0 Å². The van der Waals surface area contributed by atoms with Gasteiger partial charge in [0.05, 0.1) is 0 Å². The highest BCUT2D eigenvalue weighted by molar-refractivity contribution is 5.91. The Morgan fingerprint density at radius 3 is 2.65 bits per heavy atom. The number of aromatic amines is 1. The van der Waals surface area contributed by atoms with Gasteiger partial charge in [-0.15, -0.1) is 5.10 Å². The summed E-state index contributed by atoms with van der Waals surface area (Å²) in [7, 11) is 0. The highest BCUT2D eigenvalue weighted by Crippen LogP contribution is 2.34. The van der Waals surface area contributed by atoms with Gasteiger partial charge in [0, 0.05) is 11.5 Å². The lowest BCUT2D eigenvalue weighted by molar-refractivity contribution is 0.0810. The lowest BCUT2D eigenvalue weighted by Crippen LogP contribution is -2.53. The Bertz CT molecular complexity index is 401. The molecule has 1 heterocycles. The molecule has 17 heavy (non-hydrogen) atoms. The molecule has 2 N–H and O–H groups in total. The van der Waals surface area contributed by atoms with Gasteiger partial charge in [-0.25, -0.2) is 4.98 Å². The van der Waals surface area contributed by atoms with Crippen molar-refractivity contribution >= 4 is 5.91 Å². The fourth-order valence-electron chi connectivity index (χ4n) is 2.10. The van der Waals surface area contributed by atoms with Gasteiger partial charge < -0.3 is 5.32 Å². The molecule has 0 aromatic carbocycles. The molecular weight excluding hydrogens is 216 g/mol. The van der Waals surface area contributed by atoms with Crippen molar-refractivity contribution in [3.63, 3.8) is 0 Å². The van der Waals surface area contributed by atoms with Gasteiger partial charge in [0.15, 0.2) is 0 Å². The second-order valence-corrected chi connectivity index (χ2v) is 5.14. The number of rotatable bonds is 4. The van der Waals surface area contributed by atoms with Crippen molar-refractivity contribution in [2.75, 3.05) is 0 Å². The Kier molecular flexibility index (Phi) is 3.17. The van der Waals surface area contributed by atoms with Crippen LogP contribution in [0.2, 0.25) is 0 Å². The van der Waals surface area contributed by atoms with Crippen LogP contribution in [0.1, 0.15) is 68.8 Å². The molecular formula is C12H20N4O. The van der Waals surface area contributed by atoms with Crippen LogP contribution in [-0.4, -0.2) is 26.6 Å². The Labute approximate surface area is 101 Å². The average Bonchev–Trinajstić information content (AvgIpc) is 2.72. The number of nitrogens with one attached hydrogen (secondary N) is 2. The van der Waals surface area contributed by atoms with E-state index in [1.165, 1.54) is 6.42 Å². The number of H-pyrrole nitrogens is 1. The topological polar surface area (TPSA) is 70.7 Å². The predicted octanol–water partition coefficient (Wildman–Crippen LogP) is 1.99. The van der Waals surface area contributed by atoms with Crippen LogP contribution >= 0.6 is 0 Å². The molecule has 1 amide bonds. The first-order chi connectivity index (χ1) is 8.06. The average molecular weight is 236 g/mol. The first kappa shape index (κ1) is 12.1. The molecule has 1 fully saturated rings. The fraction of sp³-hybridized carbons (Fsp3) is 0.750. The molecule has 1 aliphatic rings. The van der Waals surface area contributed by atoms with Crippen molar-refractivity contribution in [1.82, 2.24) is 20.5 Å². The standard InChI is InChI=1S/C12H20N4O/c1-4-12(6-5-7-12)14-11(17)10-13-9(8(2)3)15-16-10/h8H,4-7H2,1-3H3,(H,14,17)(H,13,15,16). The van der Waals surface area contributed by atoms with Crippen molar-refractivity contribution in [2.24, 2.45) is 0 Å². The summed E-state index contributed by atoms with van der Waals surface area (Å²) in [4.78, 5) is 16.2. The molecule has 5 heteroatoms. The van der Waals surface area contributed by atoms with Crippen LogP contribution in [0.15, 0.2) is 0 Å². The summed E-state index contributed by atoms with van der Waals surface area (Å²) in [5.41, 5.74) is -0.00426. The zero-order valence-electron chi connectivity index (χ0n) is 10.7. The molecule has 0 atom stereocenters. The molecule has 0 saturated heterocycles. The SMILES string of the molecule is CCC1(NC(=O)c2n[nH]c(C(C)C)n2)CCC1. The lowest BCUT2D eigenvalue weighted by atomic mass is 9.75. The smallest absolute Gasteiger partial charge is 0.291 e. The normalized spacial score (nSPS) is 17.9. The first-order valence-corrected chi connectivity index (χ1v) is 6.31. The van der Waals surface area contributed by atoms with Crippen LogP contribution in [-0.2, 0) is 0 Å². The molecule has 0 radical (unpaired) electrons. The van der Waals surface area contributed by atoms with Crippen molar-refractivity contribution in [1.29, 1.82) is 0 Å². The molecule has 0 bridgehead atoms. The number of carbonyl (C=O) groups excluding carboxylic acids is 1. The second kappa shape index (κ2) is 4.47. The zero-order chi connectivity index (χ0) is 12.5. The van der Waals surface area contributed by atoms with Crippen LogP contribution < -0.4 is 5.32 Å². The van der Waals surface area contributed by atoms with Crippen LogP contribution in [0.4, 0.5) is 0 Å². The van der Waals surface area contributed by atoms with Gasteiger partial charge in [-0.05, 0) is 25.7 Å². The van der Waals surface area contributed by atoms with E-state index in [1.54, 1.807) is 0 Å². The summed E-state index contributed by atoms with van der Waals surface area (Å²) in [5, 5.41) is 9.83. The summed E-state index contributed by atoms with van der Waals surface area (Å²) in [6, 6.07) is 0. The predicted molar refractivity (Wildman–Crippen MR) is 64.8 cm³/mol. The molecule has 1 aromatic rings. The van der Waals surface area contributed by atoms with E-state index in [4.69, 9.17) is 0 Å². The zero-order valence-corrected chi connectivity index (χ0v) is 10.7. The molecule has 1 aliphatic carbocycles. The number of hydrogen-bond acceptors (Lipinski definition) is 3. The minimum absolute atomic E-state index is 0.00426. The van der Waals surface area contributed by atoms with E-state index in [1.807, 2.05) is 13.8 Å². The van der Waals surface area contributed by atoms with Gasteiger partial charge in [0.25, 0.3) is 5.91 Å². The third-order valence-corrected chi connectivity index (χ3v) is 3.62. The number of amides is 1. The van der Waals surface area contributed by atoms with Crippen molar-refractivity contribution < 1.29 is 4.79 Å². The van der Waals surface area contributed by atoms with Crippen LogP contribution in [0.25, 0.3) is 0 Å². The van der Waals surface area contributed by atoms with Crippen LogP contribution in [0.5, 0.6) is 0 Å². The maximum atomic E-state index is 12.0. The summed E-state index contributed by atoms with van der Waals surface area (Å²) in [6.07, 6.45) is 4.30. The van der Waals surface area contributed by atoms with E-state index in [0.29, 0.717) is 0 Å². The van der Waals surface area contributed by atoms with Crippen molar-refractivity contribution in [3.05, 3.63) is 11.6 Å². The maximum Gasteiger partial charge on any atom is 0.291 e. The lowest BCUT2D eigenvalue weighted by Gasteiger charge is -2.41. The van der Waals surface area contributed by atoms with Crippen LogP contribution in [0.3, 0.4) is 0 Å². The van der Waals surface area contributed by atoms with Crippen LogP contribution in [0, 0.1) is 0 Å². The van der Waals surface area contributed by atoms with Crippen molar-refractivity contribution in [2.45, 2.75) is 57.9 Å². The number of carbonyl (C=O) groups is 1.